The first-order valence-electron chi connectivity index (χ1n) is 8.61. The Labute approximate surface area is 151 Å². The predicted molar refractivity (Wildman–Crippen MR) is 92.8 cm³/mol. The third-order valence-corrected chi connectivity index (χ3v) is 5.02. The second-order valence-electron chi connectivity index (χ2n) is 6.46. The highest BCUT2D eigenvalue weighted by molar-refractivity contribution is 5.79. The van der Waals surface area contributed by atoms with E-state index in [2.05, 4.69) is 5.92 Å². The molecule has 6 heteroatoms. The van der Waals surface area contributed by atoms with Crippen LogP contribution >= 0.6 is 0 Å². The van der Waals surface area contributed by atoms with E-state index in [0.717, 1.165) is 12.8 Å². The van der Waals surface area contributed by atoms with Gasteiger partial charge >= 0.3 is 6.16 Å². The van der Waals surface area contributed by atoms with E-state index in [9.17, 15) is 14.3 Å². The number of rotatable bonds is 4. The maximum absolute atomic E-state index is 14.9. The molecule has 0 aliphatic heterocycles. The molecule has 0 aromatic heterocycles. The maximum Gasteiger partial charge on any atom is 0.513 e. The van der Waals surface area contributed by atoms with Gasteiger partial charge in [-0.15, -0.1) is 6.42 Å². The van der Waals surface area contributed by atoms with Crippen LogP contribution in [0.3, 0.4) is 0 Å². The van der Waals surface area contributed by atoms with Crippen LogP contribution in [-0.4, -0.2) is 31.1 Å². The second-order valence-corrected chi connectivity index (χ2v) is 6.46. The highest BCUT2D eigenvalue weighted by Crippen LogP contribution is 2.50. The molecule has 2 bridgehead atoms. The first-order valence-corrected chi connectivity index (χ1v) is 8.61. The largest absolute Gasteiger partial charge is 0.513 e. The summed E-state index contributed by atoms with van der Waals surface area (Å²) in [5.41, 5.74) is 0.648. The summed E-state index contributed by atoms with van der Waals surface area (Å²) >= 11 is 0. The fourth-order valence-electron chi connectivity index (χ4n) is 3.88. The van der Waals surface area contributed by atoms with Crippen LogP contribution in [0.5, 0.6) is 5.75 Å². The molecule has 3 atom stereocenters. The number of allylic oxidation sites excluding steroid dienone is 1. The Morgan fingerprint density at radius 3 is 2.85 bits per heavy atom. The first-order chi connectivity index (χ1) is 12.5. The maximum atomic E-state index is 14.9. The zero-order valence-electron chi connectivity index (χ0n) is 14.8. The third kappa shape index (κ3) is 3.15. The SMILES string of the molecule is C#Cc1cc(F)c(C2=C(OC(=O)OCC)C3CCC(C3)C2O)c(OC)c1. The summed E-state index contributed by atoms with van der Waals surface area (Å²) in [6.45, 7) is 1.82. The van der Waals surface area contributed by atoms with Crippen LogP contribution in [0.2, 0.25) is 0 Å². The molecular formula is C20H21FO5. The van der Waals surface area contributed by atoms with E-state index in [1.54, 1.807) is 6.92 Å². The summed E-state index contributed by atoms with van der Waals surface area (Å²) in [5, 5.41) is 10.8. The summed E-state index contributed by atoms with van der Waals surface area (Å²) < 4.78 is 30.5. The Morgan fingerprint density at radius 1 is 1.42 bits per heavy atom. The fourth-order valence-corrected chi connectivity index (χ4v) is 3.88. The van der Waals surface area contributed by atoms with Crippen molar-refractivity contribution in [2.75, 3.05) is 13.7 Å². The summed E-state index contributed by atoms with van der Waals surface area (Å²) in [6, 6.07) is 2.73. The molecule has 0 heterocycles. The Bertz CT molecular complexity index is 792. The Kier molecular flexibility index (Phi) is 5.19. The van der Waals surface area contributed by atoms with Crippen LogP contribution in [0.1, 0.15) is 37.3 Å². The first kappa shape index (κ1) is 18.3. The quantitative estimate of drug-likeness (QED) is 0.658. The van der Waals surface area contributed by atoms with Crippen LogP contribution in [0.15, 0.2) is 17.9 Å². The lowest BCUT2D eigenvalue weighted by Crippen LogP contribution is -2.28. The molecule has 1 fully saturated rings. The summed E-state index contributed by atoms with van der Waals surface area (Å²) in [4.78, 5) is 11.9. The number of fused-ring (bicyclic) bond motifs is 2. The molecule has 0 saturated heterocycles. The summed E-state index contributed by atoms with van der Waals surface area (Å²) in [7, 11) is 1.40. The highest BCUT2D eigenvalue weighted by Gasteiger charge is 2.44. The van der Waals surface area contributed by atoms with Crippen molar-refractivity contribution in [3.8, 4) is 18.1 Å². The Hall–Kier alpha value is -2.52. The van der Waals surface area contributed by atoms with Crippen molar-refractivity contribution >= 4 is 11.7 Å². The number of terminal acetylenes is 1. The van der Waals surface area contributed by atoms with Crippen molar-refractivity contribution in [1.82, 2.24) is 0 Å². The van der Waals surface area contributed by atoms with Crippen LogP contribution in [-0.2, 0) is 9.47 Å². The lowest BCUT2D eigenvalue weighted by molar-refractivity contribution is 0.0687. The molecule has 3 rings (SSSR count). The van der Waals surface area contributed by atoms with E-state index >= 15 is 0 Å². The van der Waals surface area contributed by atoms with Gasteiger partial charge in [-0.3, -0.25) is 0 Å². The van der Waals surface area contributed by atoms with E-state index in [-0.39, 0.29) is 41.1 Å². The lowest BCUT2D eigenvalue weighted by atomic mass is 9.81. The molecule has 138 valence electrons. The average molecular weight is 360 g/mol. The van der Waals surface area contributed by atoms with Gasteiger partial charge in [0.05, 0.1) is 25.4 Å². The van der Waals surface area contributed by atoms with Gasteiger partial charge < -0.3 is 19.3 Å². The molecule has 2 aliphatic carbocycles. The van der Waals surface area contributed by atoms with Crippen molar-refractivity contribution in [3.63, 3.8) is 0 Å². The van der Waals surface area contributed by atoms with Gasteiger partial charge in [0.2, 0.25) is 0 Å². The molecular weight excluding hydrogens is 339 g/mol. The van der Waals surface area contributed by atoms with E-state index in [1.165, 1.54) is 19.2 Å². The number of aliphatic hydroxyl groups excluding tert-OH is 1. The molecule has 1 aromatic carbocycles. The smallest absolute Gasteiger partial charge is 0.496 e. The molecule has 0 radical (unpaired) electrons. The van der Waals surface area contributed by atoms with Gasteiger partial charge in [0.25, 0.3) is 0 Å². The van der Waals surface area contributed by atoms with Crippen LogP contribution in [0.4, 0.5) is 9.18 Å². The third-order valence-electron chi connectivity index (χ3n) is 5.02. The minimum atomic E-state index is -0.960. The van der Waals surface area contributed by atoms with Crippen molar-refractivity contribution < 1.29 is 28.5 Å². The molecule has 1 N–H and O–H groups in total. The Balaban J connectivity index is 2.17. The van der Waals surface area contributed by atoms with Crippen molar-refractivity contribution in [2.45, 2.75) is 32.3 Å². The zero-order valence-corrected chi connectivity index (χ0v) is 14.8. The number of ether oxygens (including phenoxy) is 3. The molecule has 1 aromatic rings. The van der Waals surface area contributed by atoms with Gasteiger partial charge in [0, 0.05) is 17.1 Å². The van der Waals surface area contributed by atoms with E-state index in [4.69, 9.17) is 20.6 Å². The minimum Gasteiger partial charge on any atom is -0.496 e. The topological polar surface area (TPSA) is 65.0 Å². The summed E-state index contributed by atoms with van der Waals surface area (Å²) in [6.07, 6.45) is 5.75. The molecule has 0 spiro atoms. The standard InChI is InChI=1S/C20H21FO5/c1-4-11-8-14(21)16(15(9-11)24-3)17-18(22)12-6-7-13(10-12)19(17)26-20(23)25-5-2/h1,8-9,12-13,18,22H,5-7,10H2,2-3H3. The second kappa shape index (κ2) is 7.38. The molecule has 0 amide bonds. The van der Waals surface area contributed by atoms with Gasteiger partial charge in [-0.25, -0.2) is 9.18 Å². The number of hydrogen-bond acceptors (Lipinski definition) is 5. The van der Waals surface area contributed by atoms with Crippen LogP contribution in [0.25, 0.3) is 5.57 Å². The number of benzene rings is 1. The Morgan fingerprint density at radius 2 is 2.19 bits per heavy atom. The minimum absolute atomic E-state index is 0.0130. The van der Waals surface area contributed by atoms with Crippen LogP contribution < -0.4 is 4.74 Å². The number of aliphatic hydroxyl groups is 1. The van der Waals surface area contributed by atoms with Crippen molar-refractivity contribution in [3.05, 3.63) is 34.8 Å². The van der Waals surface area contributed by atoms with E-state index in [1.807, 2.05) is 0 Å². The van der Waals surface area contributed by atoms with Gasteiger partial charge in [0.15, 0.2) is 0 Å². The predicted octanol–water partition coefficient (Wildman–Crippen LogP) is 3.49. The highest BCUT2D eigenvalue weighted by atomic mass is 19.1. The van der Waals surface area contributed by atoms with Crippen molar-refractivity contribution in [1.29, 1.82) is 0 Å². The van der Waals surface area contributed by atoms with E-state index in [0.29, 0.717) is 12.0 Å². The monoisotopic (exact) mass is 360 g/mol. The zero-order chi connectivity index (χ0) is 18.8. The van der Waals surface area contributed by atoms with Gasteiger partial charge in [0.1, 0.15) is 17.3 Å². The number of hydrogen-bond donors (Lipinski definition) is 1. The summed E-state index contributed by atoms with van der Waals surface area (Å²) in [5.74, 6) is 2.11. The molecule has 5 nitrogen and oxygen atoms in total. The van der Waals surface area contributed by atoms with Crippen LogP contribution in [0, 0.1) is 30.0 Å². The van der Waals surface area contributed by atoms with Crippen molar-refractivity contribution in [2.24, 2.45) is 11.8 Å². The molecule has 2 aliphatic rings. The molecule has 3 unspecified atom stereocenters. The lowest BCUT2D eigenvalue weighted by Gasteiger charge is -2.31. The fraction of sp³-hybridized carbons (Fsp3) is 0.450. The number of halogens is 1. The molecule has 26 heavy (non-hydrogen) atoms. The normalized spacial score (nSPS) is 24.2. The van der Waals surface area contributed by atoms with Gasteiger partial charge in [-0.2, -0.15) is 0 Å². The number of carbonyl (C=O) groups is 1. The average Bonchev–Trinajstić information content (AvgIpc) is 3.07. The van der Waals surface area contributed by atoms with E-state index < -0.39 is 18.1 Å². The number of carbonyl (C=O) groups excluding carboxylic acids is 1. The number of methoxy groups -OCH3 is 1. The van der Waals surface area contributed by atoms with Gasteiger partial charge in [-0.05, 0) is 44.2 Å². The molecule has 1 saturated carbocycles. The van der Waals surface area contributed by atoms with Gasteiger partial charge in [-0.1, -0.05) is 5.92 Å².